The molecule has 0 atom stereocenters. The van der Waals surface area contributed by atoms with Gasteiger partial charge in [0.05, 0.1) is 12.7 Å². The Morgan fingerprint density at radius 1 is 1.79 bits per heavy atom. The van der Waals surface area contributed by atoms with Crippen molar-refractivity contribution < 1.29 is 9.53 Å². The normalized spacial score (nSPS) is 9.79. The maximum absolute atomic E-state index is 11.2. The molecule has 0 saturated carbocycles. The lowest BCUT2D eigenvalue weighted by Gasteiger charge is -2.00. The Hall–Kier alpha value is -1.01. The predicted molar refractivity (Wildman–Crippen MR) is 58.9 cm³/mol. The fourth-order valence-corrected chi connectivity index (χ4v) is 2.43. The highest BCUT2D eigenvalue weighted by atomic mass is 32.2. The van der Waals surface area contributed by atoms with E-state index in [1.54, 1.807) is 6.07 Å². The minimum Gasteiger partial charge on any atom is -0.465 e. The van der Waals surface area contributed by atoms with Gasteiger partial charge in [-0.25, -0.2) is 4.79 Å². The van der Waals surface area contributed by atoms with Gasteiger partial charge in [0.25, 0.3) is 0 Å². The van der Waals surface area contributed by atoms with Gasteiger partial charge in [0.1, 0.15) is 0 Å². The molecule has 1 aromatic rings. The standard InChI is InChI=1S/C8H10N2O2S2/c1-12-7(11)5-2-3-13-6(5)4-14-8(9)10/h2-3H,4H2,1H3,(H3,9,10). The van der Waals surface area contributed by atoms with E-state index in [1.165, 1.54) is 30.2 Å². The van der Waals surface area contributed by atoms with Crippen molar-refractivity contribution in [3.05, 3.63) is 21.9 Å². The van der Waals surface area contributed by atoms with E-state index in [4.69, 9.17) is 11.1 Å². The molecule has 0 spiro atoms. The van der Waals surface area contributed by atoms with Crippen LogP contribution < -0.4 is 5.73 Å². The molecule has 0 unspecified atom stereocenters. The van der Waals surface area contributed by atoms with Crippen LogP contribution in [-0.2, 0) is 10.5 Å². The Morgan fingerprint density at radius 3 is 3.07 bits per heavy atom. The molecule has 76 valence electrons. The number of carbonyl (C=O) groups excluding carboxylic acids is 1. The third-order valence-corrected chi connectivity index (χ3v) is 3.36. The average molecular weight is 230 g/mol. The summed E-state index contributed by atoms with van der Waals surface area (Å²) >= 11 is 2.66. The number of hydrogen-bond acceptors (Lipinski definition) is 5. The Balaban J connectivity index is 2.72. The number of hydrogen-bond donors (Lipinski definition) is 2. The molecule has 0 aliphatic rings. The predicted octanol–water partition coefficient (Wildman–Crippen LogP) is 1.66. The summed E-state index contributed by atoms with van der Waals surface area (Å²) in [6.45, 7) is 0. The van der Waals surface area contributed by atoms with Crippen molar-refractivity contribution in [2.24, 2.45) is 5.73 Å². The van der Waals surface area contributed by atoms with E-state index in [2.05, 4.69) is 4.74 Å². The molecular weight excluding hydrogens is 220 g/mol. The number of nitrogens with one attached hydrogen (secondary N) is 1. The van der Waals surface area contributed by atoms with Crippen molar-refractivity contribution in [1.82, 2.24) is 0 Å². The number of thioether (sulfide) groups is 1. The van der Waals surface area contributed by atoms with E-state index < -0.39 is 0 Å². The van der Waals surface area contributed by atoms with Crippen molar-refractivity contribution in [2.45, 2.75) is 5.75 Å². The van der Waals surface area contributed by atoms with Gasteiger partial charge in [0.2, 0.25) is 0 Å². The van der Waals surface area contributed by atoms with Crippen LogP contribution >= 0.6 is 23.1 Å². The minimum atomic E-state index is -0.342. The maximum Gasteiger partial charge on any atom is 0.339 e. The van der Waals surface area contributed by atoms with E-state index >= 15 is 0 Å². The number of esters is 1. The maximum atomic E-state index is 11.2. The summed E-state index contributed by atoms with van der Waals surface area (Å²) in [5, 5.41) is 8.92. The zero-order chi connectivity index (χ0) is 10.6. The van der Waals surface area contributed by atoms with Crippen LogP contribution in [0.2, 0.25) is 0 Å². The van der Waals surface area contributed by atoms with Gasteiger partial charge in [0, 0.05) is 10.6 Å². The topological polar surface area (TPSA) is 76.2 Å². The minimum absolute atomic E-state index is 0.0502. The van der Waals surface area contributed by atoms with Gasteiger partial charge in [-0.3, -0.25) is 5.41 Å². The van der Waals surface area contributed by atoms with Crippen LogP contribution in [0.25, 0.3) is 0 Å². The number of methoxy groups -OCH3 is 1. The lowest BCUT2D eigenvalue weighted by Crippen LogP contribution is -2.06. The van der Waals surface area contributed by atoms with Crippen LogP contribution in [-0.4, -0.2) is 18.2 Å². The Labute approximate surface area is 90.0 Å². The number of carbonyl (C=O) groups is 1. The van der Waals surface area contributed by atoms with Crippen LogP contribution in [0.1, 0.15) is 15.2 Å². The third kappa shape index (κ3) is 2.74. The van der Waals surface area contributed by atoms with Gasteiger partial charge in [-0.15, -0.1) is 11.3 Å². The van der Waals surface area contributed by atoms with Gasteiger partial charge in [0.15, 0.2) is 5.17 Å². The van der Waals surface area contributed by atoms with Crippen LogP contribution in [0.5, 0.6) is 0 Å². The summed E-state index contributed by atoms with van der Waals surface area (Å²) in [6, 6.07) is 1.71. The highest BCUT2D eigenvalue weighted by Crippen LogP contribution is 2.22. The first-order valence-corrected chi connectivity index (χ1v) is 5.63. The Bertz CT molecular complexity index is 349. The summed E-state index contributed by atoms with van der Waals surface area (Å²) in [5.74, 6) is 0.197. The lowest BCUT2D eigenvalue weighted by atomic mass is 10.3. The van der Waals surface area contributed by atoms with Gasteiger partial charge in [-0.05, 0) is 11.4 Å². The number of nitrogens with two attached hydrogens (primary N) is 1. The largest absolute Gasteiger partial charge is 0.465 e. The molecular formula is C8H10N2O2S2. The second kappa shape index (κ2) is 5.02. The first-order valence-electron chi connectivity index (χ1n) is 3.76. The van der Waals surface area contributed by atoms with Gasteiger partial charge in [-0.1, -0.05) is 11.8 Å². The van der Waals surface area contributed by atoms with Crippen molar-refractivity contribution in [1.29, 1.82) is 5.41 Å². The smallest absolute Gasteiger partial charge is 0.339 e. The van der Waals surface area contributed by atoms with Crippen molar-refractivity contribution in [3.8, 4) is 0 Å². The fourth-order valence-electron chi connectivity index (χ4n) is 0.888. The fraction of sp³-hybridized carbons (Fsp3) is 0.250. The number of thiophene rings is 1. The van der Waals surface area contributed by atoms with E-state index in [0.29, 0.717) is 11.3 Å². The summed E-state index contributed by atoms with van der Waals surface area (Å²) < 4.78 is 4.62. The number of amidine groups is 1. The first-order chi connectivity index (χ1) is 6.65. The summed E-state index contributed by atoms with van der Waals surface area (Å²) in [6.07, 6.45) is 0. The molecule has 6 heteroatoms. The second-order valence-electron chi connectivity index (χ2n) is 2.40. The quantitative estimate of drug-likeness (QED) is 0.470. The van der Waals surface area contributed by atoms with E-state index in [1.807, 2.05) is 5.38 Å². The van der Waals surface area contributed by atoms with Gasteiger partial charge in [-0.2, -0.15) is 0 Å². The van der Waals surface area contributed by atoms with E-state index in [0.717, 1.165) is 4.88 Å². The van der Waals surface area contributed by atoms with Crippen molar-refractivity contribution in [3.63, 3.8) is 0 Å². The number of ether oxygens (including phenoxy) is 1. The molecule has 0 aliphatic carbocycles. The van der Waals surface area contributed by atoms with E-state index in [-0.39, 0.29) is 11.1 Å². The second-order valence-corrected chi connectivity index (χ2v) is 4.42. The summed E-state index contributed by atoms with van der Waals surface area (Å²) in [7, 11) is 1.35. The zero-order valence-corrected chi connectivity index (χ0v) is 9.21. The third-order valence-electron chi connectivity index (χ3n) is 1.51. The molecule has 1 aromatic heterocycles. The van der Waals surface area contributed by atoms with Crippen LogP contribution in [0.3, 0.4) is 0 Å². The molecule has 14 heavy (non-hydrogen) atoms. The molecule has 3 N–H and O–H groups in total. The molecule has 0 aromatic carbocycles. The zero-order valence-electron chi connectivity index (χ0n) is 7.57. The lowest BCUT2D eigenvalue weighted by molar-refractivity contribution is 0.0600. The van der Waals surface area contributed by atoms with Crippen LogP contribution in [0, 0.1) is 5.41 Å². The highest BCUT2D eigenvalue weighted by Gasteiger charge is 2.12. The molecule has 0 fully saturated rings. The molecule has 0 amide bonds. The first kappa shape index (κ1) is 11.1. The van der Waals surface area contributed by atoms with Crippen LogP contribution in [0.4, 0.5) is 0 Å². The van der Waals surface area contributed by atoms with E-state index in [9.17, 15) is 4.79 Å². The summed E-state index contributed by atoms with van der Waals surface area (Å²) in [5.41, 5.74) is 5.76. The van der Waals surface area contributed by atoms with Crippen molar-refractivity contribution >= 4 is 34.2 Å². The van der Waals surface area contributed by atoms with Gasteiger partial charge >= 0.3 is 5.97 Å². The number of rotatable bonds is 3. The summed E-state index contributed by atoms with van der Waals surface area (Å²) in [4.78, 5) is 12.1. The molecule has 1 rings (SSSR count). The monoisotopic (exact) mass is 230 g/mol. The molecule has 0 radical (unpaired) electrons. The molecule has 0 aliphatic heterocycles. The highest BCUT2D eigenvalue weighted by molar-refractivity contribution is 8.13. The SMILES string of the molecule is COC(=O)c1ccsc1CSC(=N)N. The Kier molecular flexibility index (Phi) is 3.97. The molecule has 0 bridgehead atoms. The van der Waals surface area contributed by atoms with Gasteiger partial charge < -0.3 is 10.5 Å². The molecule has 1 heterocycles. The Morgan fingerprint density at radius 2 is 2.50 bits per heavy atom. The molecule has 0 saturated heterocycles. The average Bonchev–Trinajstić information content (AvgIpc) is 2.61. The van der Waals surface area contributed by atoms with Crippen LogP contribution in [0.15, 0.2) is 11.4 Å². The van der Waals surface area contributed by atoms with Crippen molar-refractivity contribution in [2.75, 3.05) is 7.11 Å². The molecule has 4 nitrogen and oxygen atoms in total.